The fourth-order valence-electron chi connectivity index (χ4n) is 4.72. The second-order valence-electron chi connectivity index (χ2n) is 9.30. The van der Waals surface area contributed by atoms with E-state index in [-0.39, 0.29) is 10.8 Å². The summed E-state index contributed by atoms with van der Waals surface area (Å²) in [4.78, 5) is 17.2. The topological polar surface area (TPSA) is 87.0 Å². The van der Waals surface area contributed by atoms with E-state index < -0.39 is 10.0 Å². The van der Waals surface area contributed by atoms with Gasteiger partial charge in [-0.25, -0.2) is 8.42 Å². The first kappa shape index (κ1) is 22.9. The number of carbonyl (C=O) groups is 1. The molecule has 0 saturated carbocycles. The molecule has 3 heterocycles. The first-order valence-electron chi connectivity index (χ1n) is 11.3. The fraction of sp³-hybridized carbons (Fsp3) is 0.565. The number of carbonyl (C=O) groups excluding carboxylic acids is 1. The maximum atomic E-state index is 13.1. The number of rotatable bonds is 5. The predicted octanol–water partition coefficient (Wildman–Crippen LogP) is 2.61. The summed E-state index contributed by atoms with van der Waals surface area (Å²) in [5.41, 5.74) is 1.38. The molecule has 9 heteroatoms. The van der Waals surface area contributed by atoms with Crippen LogP contribution in [-0.4, -0.2) is 72.9 Å². The van der Waals surface area contributed by atoms with Gasteiger partial charge in [-0.1, -0.05) is 19.0 Å². The fourth-order valence-corrected chi connectivity index (χ4v) is 6.40. The zero-order valence-electron chi connectivity index (χ0n) is 19.0. The van der Waals surface area contributed by atoms with Gasteiger partial charge in [-0.2, -0.15) is 4.31 Å². The number of piperazine rings is 1. The molecular weight excluding hydrogens is 428 g/mol. The zero-order chi connectivity index (χ0) is 22.9. The van der Waals surface area contributed by atoms with E-state index in [1.54, 1.807) is 28.6 Å². The lowest BCUT2D eigenvalue weighted by molar-refractivity contribution is 0.0617. The molecule has 8 nitrogen and oxygen atoms in total. The van der Waals surface area contributed by atoms with E-state index in [1.165, 1.54) is 0 Å². The third-order valence-corrected chi connectivity index (χ3v) is 8.14. The van der Waals surface area contributed by atoms with Crippen LogP contribution in [0.4, 0.5) is 0 Å². The quantitative estimate of drug-likeness (QED) is 0.682. The molecule has 2 saturated heterocycles. The Balaban J connectivity index is 1.36. The van der Waals surface area contributed by atoms with Crippen molar-refractivity contribution in [1.82, 2.24) is 19.3 Å². The van der Waals surface area contributed by atoms with Gasteiger partial charge < -0.3 is 9.42 Å². The van der Waals surface area contributed by atoms with Gasteiger partial charge in [0.15, 0.2) is 5.76 Å². The van der Waals surface area contributed by atoms with Crippen molar-refractivity contribution in [2.24, 2.45) is 11.8 Å². The molecule has 32 heavy (non-hydrogen) atoms. The summed E-state index contributed by atoms with van der Waals surface area (Å²) in [7, 11) is -3.54. The van der Waals surface area contributed by atoms with Crippen molar-refractivity contribution in [2.75, 3.05) is 39.3 Å². The second-order valence-corrected chi connectivity index (χ2v) is 11.2. The number of aryl methyl sites for hydroxylation is 1. The molecule has 2 aliphatic rings. The molecular formula is C23H32N4O4S. The average molecular weight is 461 g/mol. The van der Waals surface area contributed by atoms with Gasteiger partial charge in [-0.15, -0.1) is 0 Å². The van der Waals surface area contributed by atoms with Crippen molar-refractivity contribution in [2.45, 2.75) is 38.6 Å². The Morgan fingerprint density at radius 2 is 1.69 bits per heavy atom. The van der Waals surface area contributed by atoms with Crippen molar-refractivity contribution in [3.05, 3.63) is 47.3 Å². The molecule has 0 radical (unpaired) electrons. The number of hydrogen-bond donors (Lipinski definition) is 0. The van der Waals surface area contributed by atoms with Gasteiger partial charge in [0.1, 0.15) is 0 Å². The third kappa shape index (κ3) is 5.05. The largest absolute Gasteiger partial charge is 0.360 e. The first-order valence-corrected chi connectivity index (χ1v) is 12.7. The highest BCUT2D eigenvalue weighted by molar-refractivity contribution is 7.89. The van der Waals surface area contributed by atoms with E-state index in [1.807, 2.05) is 17.9 Å². The number of benzene rings is 1. The minimum atomic E-state index is -3.54. The zero-order valence-corrected chi connectivity index (χ0v) is 19.8. The summed E-state index contributed by atoms with van der Waals surface area (Å²) >= 11 is 0. The lowest BCUT2D eigenvalue weighted by Crippen LogP contribution is -2.48. The van der Waals surface area contributed by atoms with Crippen LogP contribution in [0.3, 0.4) is 0 Å². The van der Waals surface area contributed by atoms with Crippen LogP contribution in [0.15, 0.2) is 39.8 Å². The maximum absolute atomic E-state index is 13.1. The number of piperidine rings is 1. The molecule has 0 aliphatic carbocycles. The van der Waals surface area contributed by atoms with Crippen LogP contribution in [0.2, 0.25) is 0 Å². The smallest absolute Gasteiger partial charge is 0.253 e. The van der Waals surface area contributed by atoms with Crippen LogP contribution in [0, 0.1) is 18.8 Å². The first-order chi connectivity index (χ1) is 15.2. The molecule has 4 rings (SSSR count). The van der Waals surface area contributed by atoms with Crippen molar-refractivity contribution in [3.63, 3.8) is 0 Å². The molecule has 2 aliphatic heterocycles. The van der Waals surface area contributed by atoms with Gasteiger partial charge >= 0.3 is 0 Å². The number of aromatic nitrogens is 1. The Labute approximate surface area is 190 Å². The van der Waals surface area contributed by atoms with Gasteiger partial charge in [-0.3, -0.25) is 9.69 Å². The van der Waals surface area contributed by atoms with E-state index in [0.717, 1.165) is 31.0 Å². The van der Waals surface area contributed by atoms with E-state index in [4.69, 9.17) is 4.52 Å². The van der Waals surface area contributed by atoms with Crippen LogP contribution in [-0.2, 0) is 16.6 Å². The molecule has 1 aromatic heterocycles. The van der Waals surface area contributed by atoms with Crippen molar-refractivity contribution in [3.8, 4) is 0 Å². The Hall–Kier alpha value is -2.23. The van der Waals surface area contributed by atoms with Crippen LogP contribution in [0.1, 0.15) is 42.1 Å². The molecule has 0 bridgehead atoms. The Morgan fingerprint density at radius 3 is 2.25 bits per heavy atom. The minimum absolute atomic E-state index is 0.0654. The van der Waals surface area contributed by atoms with E-state index in [2.05, 4.69) is 23.9 Å². The van der Waals surface area contributed by atoms with E-state index in [9.17, 15) is 13.2 Å². The number of hydrogen-bond acceptors (Lipinski definition) is 6. The SMILES string of the molecule is Cc1cc(CN2CCN(C(=O)c3ccc(S(=O)(=O)N4CC(C)CC(C)C4)cc3)CC2)on1. The van der Waals surface area contributed by atoms with Crippen LogP contribution in [0.25, 0.3) is 0 Å². The Bertz CT molecular complexity index is 1030. The van der Waals surface area contributed by atoms with Crippen LogP contribution >= 0.6 is 0 Å². The summed E-state index contributed by atoms with van der Waals surface area (Å²) in [6.07, 6.45) is 1.05. The summed E-state index contributed by atoms with van der Waals surface area (Å²) in [5.74, 6) is 1.46. The highest BCUT2D eigenvalue weighted by atomic mass is 32.2. The maximum Gasteiger partial charge on any atom is 0.253 e. The molecule has 2 unspecified atom stereocenters. The molecule has 0 N–H and O–H groups in total. The van der Waals surface area contributed by atoms with Crippen molar-refractivity contribution >= 4 is 15.9 Å². The summed E-state index contributed by atoms with van der Waals surface area (Å²) < 4.78 is 33.0. The molecule has 174 valence electrons. The van der Waals surface area contributed by atoms with Gasteiger partial charge in [0.05, 0.1) is 17.1 Å². The molecule has 0 spiro atoms. The predicted molar refractivity (Wildman–Crippen MR) is 121 cm³/mol. The number of amides is 1. The Kier molecular flexibility index (Phi) is 6.69. The van der Waals surface area contributed by atoms with Crippen LogP contribution in [0.5, 0.6) is 0 Å². The highest BCUT2D eigenvalue weighted by Gasteiger charge is 2.32. The average Bonchev–Trinajstić information content (AvgIpc) is 3.17. The van der Waals surface area contributed by atoms with Gasteiger partial charge in [0.25, 0.3) is 5.91 Å². The number of nitrogens with zero attached hydrogens (tertiary/aromatic N) is 4. The normalized spacial score (nSPS) is 23.4. The third-order valence-electron chi connectivity index (χ3n) is 6.29. The molecule has 1 amide bonds. The minimum Gasteiger partial charge on any atom is -0.360 e. The van der Waals surface area contributed by atoms with E-state index in [0.29, 0.717) is 50.1 Å². The van der Waals surface area contributed by atoms with Gasteiger partial charge in [0.2, 0.25) is 10.0 Å². The summed E-state index contributed by atoms with van der Waals surface area (Å²) in [5, 5.41) is 3.91. The van der Waals surface area contributed by atoms with E-state index >= 15 is 0 Å². The number of sulfonamides is 1. The molecule has 2 atom stereocenters. The lowest BCUT2D eigenvalue weighted by Gasteiger charge is -2.34. The highest BCUT2D eigenvalue weighted by Crippen LogP contribution is 2.27. The molecule has 2 fully saturated rings. The second kappa shape index (κ2) is 9.33. The van der Waals surface area contributed by atoms with Crippen molar-refractivity contribution < 1.29 is 17.7 Å². The monoisotopic (exact) mass is 460 g/mol. The van der Waals surface area contributed by atoms with Crippen LogP contribution < -0.4 is 0 Å². The summed E-state index contributed by atoms with van der Waals surface area (Å²) in [6, 6.07) is 8.33. The summed E-state index contributed by atoms with van der Waals surface area (Å²) in [6.45, 7) is 10.6. The van der Waals surface area contributed by atoms with Gasteiger partial charge in [-0.05, 0) is 49.4 Å². The Morgan fingerprint density at radius 1 is 1.06 bits per heavy atom. The van der Waals surface area contributed by atoms with Gasteiger partial charge in [0, 0.05) is 50.9 Å². The molecule has 1 aromatic carbocycles. The standard InChI is InChI=1S/C23H32N4O4S/c1-17-12-18(2)15-27(14-17)32(29,30)22-6-4-20(5-7-22)23(28)26-10-8-25(9-11-26)16-21-13-19(3)24-31-21/h4-7,13,17-18H,8-12,14-16H2,1-3H3. The molecule has 2 aromatic rings. The van der Waals surface area contributed by atoms with Crippen molar-refractivity contribution in [1.29, 1.82) is 0 Å². The lowest BCUT2D eigenvalue weighted by atomic mass is 9.94.